The van der Waals surface area contributed by atoms with Gasteiger partial charge in [-0.3, -0.25) is 0 Å². The second-order valence-electron chi connectivity index (χ2n) is 7.77. The molecule has 7 N–H and O–H groups in total. The Labute approximate surface area is 160 Å². The first-order valence-corrected chi connectivity index (χ1v) is 8.75. The van der Waals surface area contributed by atoms with Crippen molar-refractivity contribution in [3.8, 4) is 0 Å². The van der Waals surface area contributed by atoms with Crippen LogP contribution in [0.5, 0.6) is 0 Å². The third-order valence-corrected chi connectivity index (χ3v) is 4.40. The molecular formula is C16H28O12. The van der Waals surface area contributed by atoms with Crippen LogP contribution in [0.4, 0.5) is 0 Å². The largest absolute Gasteiger partial charge is 0.479 e. The lowest BCUT2D eigenvalue weighted by Gasteiger charge is -2.46. The third kappa shape index (κ3) is 4.97. The molecule has 0 aromatic carbocycles. The van der Waals surface area contributed by atoms with Gasteiger partial charge in [0, 0.05) is 0 Å². The van der Waals surface area contributed by atoms with Gasteiger partial charge in [-0.2, -0.15) is 0 Å². The van der Waals surface area contributed by atoms with E-state index in [9.17, 15) is 40.5 Å². The Bertz CT molecular complexity index is 534. The molecule has 2 saturated heterocycles. The van der Waals surface area contributed by atoms with Gasteiger partial charge in [0.15, 0.2) is 18.7 Å². The quantitative estimate of drug-likeness (QED) is 0.236. The van der Waals surface area contributed by atoms with E-state index >= 15 is 0 Å². The van der Waals surface area contributed by atoms with Crippen molar-refractivity contribution in [2.75, 3.05) is 6.61 Å². The summed E-state index contributed by atoms with van der Waals surface area (Å²) in [6, 6.07) is 0. The summed E-state index contributed by atoms with van der Waals surface area (Å²) >= 11 is 0. The van der Waals surface area contributed by atoms with Gasteiger partial charge < -0.3 is 54.7 Å². The molecule has 0 amide bonds. The first-order chi connectivity index (χ1) is 12.9. The lowest BCUT2D eigenvalue weighted by atomic mass is 9.97. The lowest BCUT2D eigenvalue weighted by molar-refractivity contribution is -0.372. The molecule has 2 aliphatic heterocycles. The molecule has 12 nitrogen and oxygen atoms in total. The fourth-order valence-electron chi connectivity index (χ4n) is 2.96. The number of carbonyl (C=O) groups is 1. The lowest BCUT2D eigenvalue weighted by Crippen LogP contribution is -2.65. The van der Waals surface area contributed by atoms with Gasteiger partial charge in [-0.25, -0.2) is 4.79 Å². The van der Waals surface area contributed by atoms with E-state index in [0.29, 0.717) is 0 Å². The van der Waals surface area contributed by atoms with Crippen molar-refractivity contribution >= 4 is 5.97 Å². The summed E-state index contributed by atoms with van der Waals surface area (Å²) in [6.07, 6.45) is -16.5. The zero-order valence-corrected chi connectivity index (χ0v) is 15.7. The Morgan fingerprint density at radius 1 is 0.893 bits per heavy atom. The van der Waals surface area contributed by atoms with Crippen molar-refractivity contribution in [3.05, 3.63) is 0 Å². The SMILES string of the molecule is CC(C)(C)O[C@@H]1O[C@H](C(=O)O)[C@@H](O)[C@H](O)[C@H]1O[C@@H]1O[C@H](CO)[C@@H](O)[C@H](O)[C@H]1O. The topological polar surface area (TPSA) is 196 Å². The van der Waals surface area contributed by atoms with E-state index in [1.165, 1.54) is 0 Å². The zero-order chi connectivity index (χ0) is 21.4. The van der Waals surface area contributed by atoms with Crippen molar-refractivity contribution in [2.24, 2.45) is 0 Å². The minimum Gasteiger partial charge on any atom is -0.479 e. The molecule has 0 aliphatic carbocycles. The fourth-order valence-corrected chi connectivity index (χ4v) is 2.96. The van der Waals surface area contributed by atoms with Crippen molar-refractivity contribution in [1.29, 1.82) is 0 Å². The number of carboxylic acids is 1. The summed E-state index contributed by atoms with van der Waals surface area (Å²) in [5, 5.41) is 68.6. The maximum absolute atomic E-state index is 11.3. The van der Waals surface area contributed by atoms with Crippen molar-refractivity contribution < 1.29 is 59.5 Å². The van der Waals surface area contributed by atoms with Crippen LogP contribution in [0.1, 0.15) is 20.8 Å². The number of aliphatic carboxylic acids is 1. The molecule has 0 bridgehead atoms. The molecule has 0 aromatic heterocycles. The van der Waals surface area contributed by atoms with Crippen LogP contribution in [0.15, 0.2) is 0 Å². The maximum Gasteiger partial charge on any atom is 0.335 e. The van der Waals surface area contributed by atoms with Gasteiger partial charge in [-0.1, -0.05) is 0 Å². The van der Waals surface area contributed by atoms with E-state index in [1.807, 2.05) is 0 Å². The van der Waals surface area contributed by atoms with Crippen LogP contribution in [-0.4, -0.2) is 115 Å². The van der Waals surface area contributed by atoms with E-state index in [4.69, 9.17) is 18.9 Å². The van der Waals surface area contributed by atoms with Crippen LogP contribution in [-0.2, 0) is 23.7 Å². The number of aliphatic hydroxyl groups is 6. The normalized spacial score (nSPS) is 45.0. The number of hydrogen-bond donors (Lipinski definition) is 7. The van der Waals surface area contributed by atoms with E-state index in [1.54, 1.807) is 20.8 Å². The maximum atomic E-state index is 11.3. The number of carboxylic acid groups (broad SMARTS) is 1. The zero-order valence-electron chi connectivity index (χ0n) is 15.7. The molecular weight excluding hydrogens is 384 g/mol. The molecule has 2 fully saturated rings. The summed E-state index contributed by atoms with van der Waals surface area (Å²) in [5.41, 5.74) is -0.868. The van der Waals surface area contributed by atoms with Crippen molar-refractivity contribution in [1.82, 2.24) is 0 Å². The molecule has 2 heterocycles. The van der Waals surface area contributed by atoms with Crippen LogP contribution in [0, 0.1) is 0 Å². The predicted molar refractivity (Wildman–Crippen MR) is 87.8 cm³/mol. The van der Waals surface area contributed by atoms with E-state index < -0.39 is 79.6 Å². The second kappa shape index (κ2) is 8.83. The monoisotopic (exact) mass is 412 g/mol. The molecule has 0 aromatic rings. The summed E-state index contributed by atoms with van der Waals surface area (Å²) in [6.45, 7) is 4.21. The standard InChI is InChI=1S/C16H28O12/c1-16(2,3)28-15-12(9(21)8(20)11(26-15)13(23)24)27-14-10(22)7(19)6(18)5(4-17)25-14/h5-12,14-15,17-22H,4H2,1-3H3,(H,23,24)/t5-,6-,7+,8+,9+,10-,11+,12-,14+,15+/m1/s1. The number of hydrogen-bond acceptors (Lipinski definition) is 11. The highest BCUT2D eigenvalue weighted by atomic mass is 16.8. The smallest absolute Gasteiger partial charge is 0.335 e. The Morgan fingerprint density at radius 2 is 1.50 bits per heavy atom. The average Bonchev–Trinajstić information content (AvgIpc) is 2.59. The Morgan fingerprint density at radius 3 is 2.00 bits per heavy atom. The first kappa shape index (κ1) is 23.3. The van der Waals surface area contributed by atoms with Crippen LogP contribution in [0.25, 0.3) is 0 Å². The molecule has 0 unspecified atom stereocenters. The highest BCUT2D eigenvalue weighted by Crippen LogP contribution is 2.31. The van der Waals surface area contributed by atoms with E-state index in [0.717, 1.165) is 0 Å². The Hall–Kier alpha value is -0.930. The van der Waals surface area contributed by atoms with E-state index in [-0.39, 0.29) is 0 Å². The predicted octanol–water partition coefficient (Wildman–Crippen LogP) is -3.48. The first-order valence-electron chi connectivity index (χ1n) is 8.75. The van der Waals surface area contributed by atoms with Crippen molar-refractivity contribution in [3.63, 3.8) is 0 Å². The fraction of sp³-hybridized carbons (Fsp3) is 0.938. The van der Waals surface area contributed by atoms with Gasteiger partial charge in [0.1, 0.15) is 42.7 Å². The Kier molecular flexibility index (Phi) is 7.37. The minimum absolute atomic E-state index is 0.694. The van der Waals surface area contributed by atoms with Gasteiger partial charge in [0.05, 0.1) is 12.2 Å². The summed E-state index contributed by atoms with van der Waals surface area (Å²) in [7, 11) is 0. The molecule has 12 heteroatoms. The summed E-state index contributed by atoms with van der Waals surface area (Å²) in [5.74, 6) is -1.53. The number of rotatable bonds is 5. The molecule has 0 radical (unpaired) electrons. The van der Waals surface area contributed by atoms with Crippen molar-refractivity contribution in [2.45, 2.75) is 87.8 Å². The summed E-state index contributed by atoms with van der Waals surface area (Å²) < 4.78 is 21.5. The van der Waals surface area contributed by atoms with Gasteiger partial charge in [0.2, 0.25) is 0 Å². The molecule has 28 heavy (non-hydrogen) atoms. The minimum atomic E-state index is -1.88. The average molecular weight is 412 g/mol. The second-order valence-corrected chi connectivity index (χ2v) is 7.77. The Balaban J connectivity index is 2.25. The molecule has 2 aliphatic rings. The van der Waals surface area contributed by atoms with Crippen LogP contribution in [0.3, 0.4) is 0 Å². The molecule has 2 rings (SSSR count). The van der Waals surface area contributed by atoms with Crippen LogP contribution in [0.2, 0.25) is 0 Å². The summed E-state index contributed by atoms with van der Waals surface area (Å²) in [4.78, 5) is 11.3. The molecule has 164 valence electrons. The van der Waals surface area contributed by atoms with Gasteiger partial charge in [-0.15, -0.1) is 0 Å². The van der Waals surface area contributed by atoms with E-state index in [2.05, 4.69) is 0 Å². The highest BCUT2D eigenvalue weighted by molar-refractivity contribution is 5.73. The molecule has 10 atom stereocenters. The number of aliphatic hydroxyl groups excluding tert-OH is 6. The van der Waals surface area contributed by atoms with Gasteiger partial charge in [0.25, 0.3) is 0 Å². The van der Waals surface area contributed by atoms with Gasteiger partial charge in [-0.05, 0) is 20.8 Å². The van der Waals surface area contributed by atoms with Gasteiger partial charge >= 0.3 is 5.97 Å². The number of ether oxygens (including phenoxy) is 4. The third-order valence-electron chi connectivity index (χ3n) is 4.40. The molecule has 0 spiro atoms. The highest BCUT2D eigenvalue weighted by Gasteiger charge is 2.53. The van der Waals surface area contributed by atoms with Crippen LogP contribution < -0.4 is 0 Å². The van der Waals surface area contributed by atoms with Crippen LogP contribution >= 0.6 is 0 Å². The molecule has 0 saturated carbocycles.